The second-order valence-corrected chi connectivity index (χ2v) is 11.4. The molecule has 3 aromatic rings. The molecule has 1 N–H and O–H groups in total. The Morgan fingerprint density at radius 3 is 2.50 bits per heavy atom. The molecule has 0 atom stereocenters. The number of thioether (sulfide) groups is 1. The molecule has 0 aliphatic heterocycles. The molecule has 7 heteroatoms. The van der Waals surface area contributed by atoms with Crippen molar-refractivity contribution in [2.24, 2.45) is 17.8 Å². The van der Waals surface area contributed by atoms with Gasteiger partial charge in [-0.25, -0.2) is 0 Å². The van der Waals surface area contributed by atoms with Gasteiger partial charge >= 0.3 is 0 Å². The second-order valence-electron chi connectivity index (χ2n) is 10.5. The second kappa shape index (κ2) is 7.65. The van der Waals surface area contributed by atoms with E-state index in [4.69, 9.17) is 4.42 Å². The van der Waals surface area contributed by atoms with Crippen LogP contribution in [0.3, 0.4) is 0 Å². The summed E-state index contributed by atoms with van der Waals surface area (Å²) in [6.45, 7) is 4.21. The van der Waals surface area contributed by atoms with Crippen molar-refractivity contribution in [1.29, 1.82) is 0 Å². The third kappa shape index (κ3) is 3.54. The number of benzene rings is 1. The molecule has 4 fully saturated rings. The molecule has 1 aromatic carbocycles. The van der Waals surface area contributed by atoms with Gasteiger partial charge in [0.15, 0.2) is 10.9 Å². The first kappa shape index (κ1) is 20.3. The third-order valence-electron chi connectivity index (χ3n) is 7.60. The number of carbonyl (C=O) groups excluding carboxylic acids is 1. The molecule has 4 bridgehead atoms. The Kier molecular flexibility index (Phi) is 4.86. The van der Waals surface area contributed by atoms with Gasteiger partial charge < -0.3 is 9.73 Å². The van der Waals surface area contributed by atoms with Crippen molar-refractivity contribution in [2.45, 2.75) is 69.1 Å². The Morgan fingerprint density at radius 1 is 1.16 bits per heavy atom. The van der Waals surface area contributed by atoms with Crippen molar-refractivity contribution in [3.05, 3.63) is 30.3 Å². The minimum absolute atomic E-state index is 0.0531. The van der Waals surface area contributed by atoms with Gasteiger partial charge in [0, 0.05) is 17.0 Å². The van der Waals surface area contributed by atoms with Crippen molar-refractivity contribution in [2.75, 3.05) is 5.75 Å². The van der Waals surface area contributed by atoms with Gasteiger partial charge in [0.05, 0.1) is 5.75 Å². The minimum Gasteiger partial charge on any atom is -0.453 e. The molecule has 0 saturated heterocycles. The summed E-state index contributed by atoms with van der Waals surface area (Å²) in [5.41, 5.74) is 0.891. The van der Waals surface area contributed by atoms with Gasteiger partial charge in [0.2, 0.25) is 11.7 Å². The lowest BCUT2D eigenvalue weighted by Crippen LogP contribution is -2.60. The zero-order valence-electron chi connectivity index (χ0n) is 18.7. The first-order valence-electron chi connectivity index (χ1n) is 11.9. The zero-order valence-corrected chi connectivity index (χ0v) is 19.5. The number of rotatable bonds is 6. The van der Waals surface area contributed by atoms with E-state index in [1.54, 1.807) is 0 Å². The van der Waals surface area contributed by atoms with Gasteiger partial charge in [-0.05, 0) is 82.3 Å². The molecule has 4 aliphatic carbocycles. The first-order chi connectivity index (χ1) is 15.5. The van der Waals surface area contributed by atoms with E-state index in [-0.39, 0.29) is 17.5 Å². The zero-order chi connectivity index (χ0) is 21.9. The van der Waals surface area contributed by atoms with Gasteiger partial charge in [0.1, 0.15) is 5.58 Å². The summed E-state index contributed by atoms with van der Waals surface area (Å²) >= 11 is 1.47. The molecule has 168 valence electrons. The topological polar surface area (TPSA) is 73.0 Å². The lowest BCUT2D eigenvalue weighted by Gasteiger charge is -2.56. The molecular formula is C25H30N4O2S. The fourth-order valence-corrected chi connectivity index (χ4v) is 7.69. The highest BCUT2D eigenvalue weighted by Crippen LogP contribution is 2.55. The van der Waals surface area contributed by atoms with Crippen LogP contribution in [0.15, 0.2) is 39.9 Å². The van der Waals surface area contributed by atoms with Crippen LogP contribution in [-0.4, -0.2) is 32.0 Å². The van der Waals surface area contributed by atoms with Crippen molar-refractivity contribution >= 4 is 28.6 Å². The Labute approximate surface area is 192 Å². The predicted molar refractivity (Wildman–Crippen MR) is 125 cm³/mol. The minimum atomic E-state index is 0.0531. The number of amides is 1. The van der Waals surface area contributed by atoms with E-state index in [9.17, 15) is 4.79 Å². The number of nitrogens with zero attached hydrogens (tertiary/aromatic N) is 3. The summed E-state index contributed by atoms with van der Waals surface area (Å²) in [7, 11) is 0. The van der Waals surface area contributed by atoms with Crippen LogP contribution in [0.1, 0.15) is 58.4 Å². The highest BCUT2D eigenvalue weighted by molar-refractivity contribution is 7.99. The first-order valence-corrected chi connectivity index (χ1v) is 12.8. The van der Waals surface area contributed by atoms with E-state index in [1.807, 2.05) is 30.3 Å². The Balaban J connectivity index is 1.18. The number of para-hydroxylation sites is 1. The molecule has 1 amide bonds. The average Bonchev–Trinajstić information content (AvgIpc) is 3.35. The molecule has 0 radical (unpaired) electrons. The van der Waals surface area contributed by atoms with E-state index < -0.39 is 0 Å². The molecule has 0 unspecified atom stereocenters. The monoisotopic (exact) mass is 450 g/mol. The Hall–Kier alpha value is -2.28. The summed E-state index contributed by atoms with van der Waals surface area (Å²) in [5.74, 6) is 4.38. The Bertz CT molecular complexity index is 1100. The molecule has 2 heterocycles. The maximum Gasteiger partial charge on any atom is 0.230 e. The van der Waals surface area contributed by atoms with Gasteiger partial charge in [-0.1, -0.05) is 30.0 Å². The lowest BCUT2D eigenvalue weighted by molar-refractivity contribution is -0.124. The van der Waals surface area contributed by atoms with Crippen LogP contribution in [0.5, 0.6) is 0 Å². The van der Waals surface area contributed by atoms with Gasteiger partial charge in [-0.2, -0.15) is 0 Å². The molecule has 32 heavy (non-hydrogen) atoms. The number of carbonyl (C=O) groups is 1. The average molecular weight is 451 g/mol. The standard InChI is InChI=1S/C25H30N4O2S/c1-15(2)29-23(21-10-19-5-3-4-6-20(19)31-21)27-28-24(29)32-14-22(30)26-25-11-16-7-17(12-25)9-18(8-16)13-25/h3-6,10,15-18H,7-9,11-14H2,1-2H3,(H,26,30). The summed E-state index contributed by atoms with van der Waals surface area (Å²) in [6, 6.07) is 10.1. The van der Waals surface area contributed by atoms with Crippen LogP contribution in [0, 0.1) is 17.8 Å². The van der Waals surface area contributed by atoms with Crippen molar-refractivity contribution in [1.82, 2.24) is 20.1 Å². The molecule has 7 rings (SSSR count). The third-order valence-corrected chi connectivity index (χ3v) is 8.55. The maximum absolute atomic E-state index is 13.0. The maximum atomic E-state index is 13.0. The van der Waals surface area contributed by atoms with E-state index in [2.05, 4.69) is 33.9 Å². The number of hydrogen-bond acceptors (Lipinski definition) is 5. The van der Waals surface area contributed by atoms with Crippen molar-refractivity contribution < 1.29 is 9.21 Å². The van der Waals surface area contributed by atoms with E-state index >= 15 is 0 Å². The SMILES string of the molecule is CC(C)n1c(SCC(=O)NC23CC4CC(CC(C4)C2)C3)nnc1-c1cc2ccccc2o1. The number of furan rings is 1. The molecule has 0 spiro atoms. The highest BCUT2D eigenvalue weighted by Gasteiger charge is 2.51. The summed E-state index contributed by atoms with van der Waals surface area (Å²) < 4.78 is 8.10. The van der Waals surface area contributed by atoms with Crippen molar-refractivity contribution in [3.63, 3.8) is 0 Å². The smallest absolute Gasteiger partial charge is 0.230 e. The van der Waals surface area contributed by atoms with Crippen LogP contribution in [0.2, 0.25) is 0 Å². The summed E-state index contributed by atoms with van der Waals surface area (Å²) in [4.78, 5) is 13.0. The van der Waals surface area contributed by atoms with E-state index in [1.165, 1.54) is 50.3 Å². The van der Waals surface area contributed by atoms with Gasteiger partial charge in [0.25, 0.3) is 0 Å². The van der Waals surface area contributed by atoms with Gasteiger partial charge in [-0.15, -0.1) is 10.2 Å². The fourth-order valence-electron chi connectivity index (χ4n) is 6.83. The highest BCUT2D eigenvalue weighted by atomic mass is 32.2. The summed E-state index contributed by atoms with van der Waals surface area (Å²) in [5, 5.41) is 14.1. The van der Waals surface area contributed by atoms with Crippen LogP contribution in [-0.2, 0) is 4.79 Å². The molecule has 4 saturated carbocycles. The van der Waals surface area contributed by atoms with E-state index in [0.29, 0.717) is 17.3 Å². The Morgan fingerprint density at radius 2 is 1.84 bits per heavy atom. The van der Waals surface area contributed by atoms with Gasteiger partial charge in [-0.3, -0.25) is 9.36 Å². The molecule has 6 nitrogen and oxygen atoms in total. The predicted octanol–water partition coefficient (Wildman–Crippen LogP) is 5.45. The normalized spacial score (nSPS) is 28.7. The number of hydrogen-bond donors (Lipinski definition) is 1. The van der Waals surface area contributed by atoms with Crippen LogP contribution in [0.25, 0.3) is 22.6 Å². The van der Waals surface area contributed by atoms with Crippen LogP contribution < -0.4 is 5.32 Å². The number of aromatic nitrogens is 3. The lowest BCUT2D eigenvalue weighted by atomic mass is 9.53. The number of fused-ring (bicyclic) bond motifs is 1. The van der Waals surface area contributed by atoms with Crippen LogP contribution in [0.4, 0.5) is 0 Å². The van der Waals surface area contributed by atoms with E-state index in [0.717, 1.165) is 33.9 Å². The molecule has 4 aliphatic rings. The largest absolute Gasteiger partial charge is 0.453 e. The molecule has 2 aromatic heterocycles. The quantitative estimate of drug-likeness (QED) is 0.506. The van der Waals surface area contributed by atoms with Crippen LogP contribution >= 0.6 is 11.8 Å². The summed E-state index contributed by atoms with van der Waals surface area (Å²) in [6.07, 6.45) is 7.67. The number of nitrogens with one attached hydrogen (secondary N) is 1. The molecular weight excluding hydrogens is 420 g/mol. The van der Waals surface area contributed by atoms with Crippen molar-refractivity contribution in [3.8, 4) is 11.6 Å². The fraction of sp³-hybridized carbons (Fsp3) is 0.560.